The number of carbonyl (C=O) groups excluding carboxylic acids is 3. The van der Waals surface area contributed by atoms with Crippen molar-refractivity contribution in [2.75, 3.05) is 13.7 Å². The number of ether oxygens (including phenoxy) is 4. The van der Waals surface area contributed by atoms with E-state index in [9.17, 15) is 14.4 Å². The van der Waals surface area contributed by atoms with E-state index in [-0.39, 0.29) is 19.4 Å². The third-order valence-electron chi connectivity index (χ3n) is 5.51. The molecule has 2 heterocycles. The van der Waals surface area contributed by atoms with Crippen molar-refractivity contribution in [2.24, 2.45) is 0 Å². The molecule has 33 heavy (non-hydrogen) atoms. The number of fused-ring (bicyclic) bond motifs is 1. The van der Waals surface area contributed by atoms with Gasteiger partial charge in [-0.25, -0.2) is 14.4 Å². The minimum atomic E-state index is -1.05. The van der Waals surface area contributed by atoms with E-state index in [0.29, 0.717) is 21.9 Å². The summed E-state index contributed by atoms with van der Waals surface area (Å²) in [6.07, 6.45) is -2.41. The monoisotopic (exact) mass is 480 g/mol. The zero-order chi connectivity index (χ0) is 24.6. The maximum Gasteiger partial charge on any atom is 0.510 e. The Morgan fingerprint density at radius 3 is 2.45 bits per heavy atom. The van der Waals surface area contributed by atoms with Gasteiger partial charge in [-0.05, 0) is 46.2 Å². The second-order valence-corrected chi connectivity index (χ2v) is 9.25. The maximum atomic E-state index is 12.9. The molecule has 1 amide bonds. The van der Waals surface area contributed by atoms with Crippen LogP contribution >= 0.6 is 11.6 Å². The first-order chi connectivity index (χ1) is 15.4. The molecule has 1 aromatic carbocycles. The van der Waals surface area contributed by atoms with Gasteiger partial charge in [0.15, 0.2) is 0 Å². The number of halogens is 1. The molecule has 0 aromatic heterocycles. The first-order valence-corrected chi connectivity index (χ1v) is 11.0. The predicted molar refractivity (Wildman–Crippen MR) is 119 cm³/mol. The number of hydrogen-bond donors (Lipinski definition) is 0. The summed E-state index contributed by atoms with van der Waals surface area (Å²) in [5, 5.41) is 3.26. The fraction of sp³-hybridized carbons (Fsp3) is 0.522. The summed E-state index contributed by atoms with van der Waals surface area (Å²) in [6.45, 7) is 8.77. The Bertz CT molecular complexity index is 987. The molecule has 0 radical (unpaired) electrons. The lowest BCUT2D eigenvalue weighted by Gasteiger charge is -2.38. The molecule has 0 N–H and O–H groups in total. The second-order valence-electron chi connectivity index (χ2n) is 8.84. The number of allylic oxidation sites excluding steroid dienone is 1. The van der Waals surface area contributed by atoms with Crippen molar-refractivity contribution in [3.63, 3.8) is 0 Å². The minimum absolute atomic E-state index is 0.130. The van der Waals surface area contributed by atoms with E-state index in [1.165, 1.54) is 12.1 Å². The highest BCUT2D eigenvalue weighted by molar-refractivity contribution is 6.31. The highest BCUT2D eigenvalue weighted by Gasteiger charge is 2.61. The topological polar surface area (TPSA) is 94.6 Å². The van der Waals surface area contributed by atoms with Gasteiger partial charge < -0.3 is 18.9 Å². The molecule has 2 aliphatic heterocycles. The molecule has 0 spiro atoms. The lowest BCUT2D eigenvalue weighted by atomic mass is 9.83. The van der Waals surface area contributed by atoms with Crippen molar-refractivity contribution in [1.29, 1.82) is 0 Å². The van der Waals surface area contributed by atoms with Crippen LogP contribution in [0.5, 0.6) is 0 Å². The van der Waals surface area contributed by atoms with Crippen LogP contribution in [0.25, 0.3) is 0 Å². The van der Waals surface area contributed by atoms with Crippen LogP contribution in [0.4, 0.5) is 9.59 Å². The van der Waals surface area contributed by atoms with Gasteiger partial charge >= 0.3 is 18.2 Å². The molecule has 0 aliphatic carbocycles. The van der Waals surface area contributed by atoms with E-state index in [4.69, 9.17) is 30.5 Å². The van der Waals surface area contributed by atoms with Crippen molar-refractivity contribution >= 4 is 29.8 Å². The highest BCUT2D eigenvalue weighted by Crippen LogP contribution is 2.55. The van der Waals surface area contributed by atoms with E-state index in [1.54, 1.807) is 51.8 Å². The number of carbonyl (C=O) groups is 3. The van der Waals surface area contributed by atoms with Crippen molar-refractivity contribution in [2.45, 2.75) is 64.8 Å². The third-order valence-corrected chi connectivity index (χ3v) is 5.84. The fourth-order valence-corrected chi connectivity index (χ4v) is 4.65. The standard InChI is InChI=1S/C23H29ClN2O7/c1-7-31-19(27)15-12-23(16-10-8-9-11-17(16)24)13-18(32-21(29)33-22(3,4)5)25(20(28)30-6)26(23)14(15)2/h8-11,18H,7,12-13H2,1-6H3/t18-,23+/m1/s1. The molecule has 2 aliphatic rings. The maximum absolute atomic E-state index is 12.9. The van der Waals surface area contributed by atoms with Crippen molar-refractivity contribution in [3.05, 3.63) is 46.1 Å². The molecule has 3 rings (SSSR count). The molecule has 0 saturated carbocycles. The average molecular weight is 481 g/mol. The Kier molecular flexibility index (Phi) is 6.83. The molecular weight excluding hydrogens is 452 g/mol. The number of methoxy groups -OCH3 is 1. The van der Waals surface area contributed by atoms with Crippen LogP contribution in [0.1, 0.15) is 53.0 Å². The van der Waals surface area contributed by atoms with Crippen LogP contribution in [-0.4, -0.2) is 53.8 Å². The van der Waals surface area contributed by atoms with Crippen LogP contribution in [0, 0.1) is 0 Å². The van der Waals surface area contributed by atoms with Gasteiger partial charge in [-0.2, -0.15) is 5.01 Å². The highest BCUT2D eigenvalue weighted by atomic mass is 35.5. The van der Waals surface area contributed by atoms with Crippen molar-refractivity contribution in [3.8, 4) is 0 Å². The average Bonchev–Trinajstić information content (AvgIpc) is 3.18. The van der Waals surface area contributed by atoms with Gasteiger partial charge in [0, 0.05) is 23.6 Å². The summed E-state index contributed by atoms with van der Waals surface area (Å²) in [7, 11) is 1.23. The lowest BCUT2D eigenvalue weighted by Crippen LogP contribution is -2.49. The van der Waals surface area contributed by atoms with Gasteiger partial charge in [0.25, 0.3) is 0 Å². The summed E-state index contributed by atoms with van der Waals surface area (Å²) >= 11 is 6.58. The number of hydrogen-bond acceptors (Lipinski definition) is 8. The Labute approximate surface area is 198 Å². The first kappa shape index (κ1) is 24.7. The van der Waals surface area contributed by atoms with Crippen molar-refractivity contribution < 1.29 is 33.3 Å². The van der Waals surface area contributed by atoms with Gasteiger partial charge in [-0.1, -0.05) is 29.8 Å². The summed E-state index contributed by atoms with van der Waals surface area (Å²) < 4.78 is 21.1. The third kappa shape index (κ3) is 4.59. The van der Waals surface area contributed by atoms with Crippen LogP contribution in [0.3, 0.4) is 0 Å². The molecule has 9 nitrogen and oxygen atoms in total. The SMILES string of the molecule is CCOC(=O)C1=C(C)N2N(C(=O)OC)[C@H](OC(=O)OC(C)(C)C)C[C@]2(c2ccccc2Cl)C1. The number of esters is 1. The zero-order valence-corrected chi connectivity index (χ0v) is 20.4. The Morgan fingerprint density at radius 1 is 1.21 bits per heavy atom. The van der Waals surface area contributed by atoms with Crippen LogP contribution in [0.15, 0.2) is 35.5 Å². The fourth-order valence-electron chi connectivity index (χ4n) is 4.34. The van der Waals surface area contributed by atoms with Crippen LogP contribution in [-0.2, 0) is 29.3 Å². The van der Waals surface area contributed by atoms with Gasteiger partial charge in [0.2, 0.25) is 6.23 Å². The van der Waals surface area contributed by atoms with E-state index < -0.39 is 35.6 Å². The smallest absolute Gasteiger partial charge is 0.463 e. The van der Waals surface area contributed by atoms with Crippen LogP contribution in [0.2, 0.25) is 5.02 Å². The van der Waals surface area contributed by atoms with E-state index in [1.807, 2.05) is 12.1 Å². The Hall–Kier alpha value is -2.94. The van der Waals surface area contributed by atoms with Gasteiger partial charge in [0.05, 0.1) is 24.8 Å². The number of benzene rings is 1. The van der Waals surface area contributed by atoms with Crippen LogP contribution < -0.4 is 0 Å². The first-order valence-electron chi connectivity index (χ1n) is 10.6. The number of nitrogens with zero attached hydrogens (tertiary/aromatic N) is 2. The minimum Gasteiger partial charge on any atom is -0.463 e. The van der Waals surface area contributed by atoms with Gasteiger partial charge in [-0.3, -0.25) is 5.01 Å². The van der Waals surface area contributed by atoms with E-state index >= 15 is 0 Å². The Balaban J connectivity index is 2.12. The molecular formula is C23H29ClN2O7. The largest absolute Gasteiger partial charge is 0.510 e. The molecule has 0 bridgehead atoms. The quantitative estimate of drug-likeness (QED) is 0.450. The van der Waals surface area contributed by atoms with Gasteiger partial charge in [0.1, 0.15) is 5.60 Å². The molecule has 10 heteroatoms. The van der Waals surface area contributed by atoms with E-state index in [2.05, 4.69) is 0 Å². The molecule has 0 unspecified atom stereocenters. The normalized spacial score (nSPS) is 22.2. The zero-order valence-electron chi connectivity index (χ0n) is 19.6. The number of rotatable bonds is 4. The van der Waals surface area contributed by atoms with Crippen molar-refractivity contribution in [1.82, 2.24) is 10.0 Å². The molecule has 1 saturated heterocycles. The molecule has 1 aromatic rings. The predicted octanol–water partition coefficient (Wildman–Crippen LogP) is 4.74. The van der Waals surface area contributed by atoms with E-state index in [0.717, 1.165) is 0 Å². The Morgan fingerprint density at radius 2 is 1.88 bits per heavy atom. The summed E-state index contributed by atoms with van der Waals surface area (Å²) in [6, 6.07) is 7.15. The summed E-state index contributed by atoms with van der Waals surface area (Å²) in [4.78, 5) is 38.1. The second kappa shape index (κ2) is 9.13. The summed E-state index contributed by atoms with van der Waals surface area (Å²) in [5.74, 6) is -0.481. The number of amides is 1. The lowest BCUT2D eigenvalue weighted by molar-refractivity contribution is -0.138. The van der Waals surface area contributed by atoms with Gasteiger partial charge in [-0.15, -0.1) is 0 Å². The number of hydrazine groups is 1. The molecule has 180 valence electrons. The molecule has 2 atom stereocenters. The summed E-state index contributed by atoms with van der Waals surface area (Å²) in [5.41, 5.74) is -0.203. The molecule has 1 fully saturated rings.